The van der Waals surface area contributed by atoms with Crippen LogP contribution in [-0.4, -0.2) is 53.7 Å². The normalized spacial score (nSPS) is 12.4. The number of benzene rings is 1. The number of amides is 1. The number of methoxy groups -OCH3 is 1. The number of aliphatic hydroxyl groups is 1. The summed E-state index contributed by atoms with van der Waals surface area (Å²) >= 11 is 1.48. The van der Waals surface area contributed by atoms with E-state index in [1.165, 1.54) is 11.8 Å². The number of carbonyl (C=O) groups excluding carboxylic acids is 1. The van der Waals surface area contributed by atoms with Gasteiger partial charge >= 0.3 is 0 Å². The van der Waals surface area contributed by atoms with Crippen molar-refractivity contribution in [1.82, 2.24) is 4.90 Å². The SMILES string of the molecule is CCC(CC)N(CCOC)C(=O)CSCC(O)c1ccccc1. The van der Waals surface area contributed by atoms with E-state index in [9.17, 15) is 9.90 Å². The molecular formula is C18H29NO3S. The van der Waals surface area contributed by atoms with E-state index in [2.05, 4.69) is 13.8 Å². The standard InChI is InChI=1S/C18H29NO3S/c1-4-16(5-2)19(11-12-22-3)18(21)14-23-13-17(20)15-9-7-6-8-10-15/h6-10,16-17,20H,4-5,11-14H2,1-3H3. The zero-order valence-corrected chi connectivity index (χ0v) is 15.2. The van der Waals surface area contributed by atoms with Crippen LogP contribution in [0.2, 0.25) is 0 Å². The predicted octanol–water partition coefficient (Wildman–Crippen LogP) is 3.12. The Morgan fingerprint density at radius 3 is 2.48 bits per heavy atom. The van der Waals surface area contributed by atoms with Gasteiger partial charge in [0.05, 0.1) is 18.5 Å². The molecule has 0 heterocycles. The molecule has 0 saturated carbocycles. The van der Waals surface area contributed by atoms with Crippen molar-refractivity contribution in [2.75, 3.05) is 31.8 Å². The van der Waals surface area contributed by atoms with Crippen molar-refractivity contribution in [2.45, 2.75) is 38.8 Å². The highest BCUT2D eigenvalue weighted by Gasteiger charge is 2.21. The van der Waals surface area contributed by atoms with E-state index in [0.29, 0.717) is 24.7 Å². The number of ether oxygens (including phenoxy) is 1. The molecule has 23 heavy (non-hydrogen) atoms. The maximum absolute atomic E-state index is 12.5. The molecule has 0 aliphatic heterocycles. The van der Waals surface area contributed by atoms with Gasteiger partial charge in [0.1, 0.15) is 0 Å². The summed E-state index contributed by atoms with van der Waals surface area (Å²) in [5.41, 5.74) is 0.892. The van der Waals surface area contributed by atoms with Gasteiger partial charge in [0.2, 0.25) is 5.91 Å². The van der Waals surface area contributed by atoms with E-state index in [1.807, 2.05) is 35.2 Å². The highest BCUT2D eigenvalue weighted by molar-refractivity contribution is 7.99. The van der Waals surface area contributed by atoms with Crippen LogP contribution in [0.1, 0.15) is 38.4 Å². The number of thioether (sulfide) groups is 1. The minimum absolute atomic E-state index is 0.126. The highest BCUT2D eigenvalue weighted by Crippen LogP contribution is 2.19. The molecule has 4 nitrogen and oxygen atoms in total. The topological polar surface area (TPSA) is 49.8 Å². The molecule has 1 N–H and O–H groups in total. The van der Waals surface area contributed by atoms with E-state index in [0.717, 1.165) is 18.4 Å². The lowest BCUT2D eigenvalue weighted by molar-refractivity contribution is -0.131. The molecule has 5 heteroatoms. The van der Waals surface area contributed by atoms with Crippen LogP contribution in [0.4, 0.5) is 0 Å². The van der Waals surface area contributed by atoms with E-state index >= 15 is 0 Å². The van der Waals surface area contributed by atoms with Gasteiger partial charge in [-0.15, -0.1) is 11.8 Å². The lowest BCUT2D eigenvalue weighted by Gasteiger charge is -2.30. The van der Waals surface area contributed by atoms with E-state index in [1.54, 1.807) is 7.11 Å². The van der Waals surface area contributed by atoms with Gasteiger partial charge in [-0.05, 0) is 18.4 Å². The Hall–Kier alpha value is -1.04. The van der Waals surface area contributed by atoms with Crippen molar-refractivity contribution in [3.63, 3.8) is 0 Å². The second kappa shape index (κ2) is 11.5. The van der Waals surface area contributed by atoms with Crippen molar-refractivity contribution >= 4 is 17.7 Å². The number of rotatable bonds is 11. The molecule has 1 atom stereocenters. The average Bonchev–Trinajstić information content (AvgIpc) is 2.59. The van der Waals surface area contributed by atoms with Crippen LogP contribution in [0.25, 0.3) is 0 Å². The van der Waals surface area contributed by atoms with Gasteiger partial charge in [0.15, 0.2) is 0 Å². The fraction of sp³-hybridized carbons (Fsp3) is 0.611. The molecule has 1 unspecified atom stereocenters. The number of aliphatic hydroxyl groups excluding tert-OH is 1. The van der Waals surface area contributed by atoms with Crippen LogP contribution in [0.3, 0.4) is 0 Å². The highest BCUT2D eigenvalue weighted by atomic mass is 32.2. The van der Waals surface area contributed by atoms with Crippen molar-refractivity contribution in [3.05, 3.63) is 35.9 Å². The second-order valence-electron chi connectivity index (χ2n) is 5.49. The Balaban J connectivity index is 2.48. The Morgan fingerprint density at radius 1 is 1.26 bits per heavy atom. The molecule has 0 fully saturated rings. The summed E-state index contributed by atoms with van der Waals surface area (Å²) in [5, 5.41) is 10.1. The van der Waals surface area contributed by atoms with Gasteiger partial charge in [-0.1, -0.05) is 44.2 Å². The maximum Gasteiger partial charge on any atom is 0.232 e. The monoisotopic (exact) mass is 339 g/mol. The zero-order chi connectivity index (χ0) is 17.1. The van der Waals surface area contributed by atoms with Crippen molar-refractivity contribution in [2.24, 2.45) is 0 Å². The molecular weight excluding hydrogens is 310 g/mol. The summed E-state index contributed by atoms with van der Waals surface area (Å²) in [6, 6.07) is 9.82. The molecule has 0 saturated heterocycles. The molecule has 1 amide bonds. The van der Waals surface area contributed by atoms with Gasteiger partial charge in [0.25, 0.3) is 0 Å². The number of nitrogens with zero attached hydrogens (tertiary/aromatic N) is 1. The third kappa shape index (κ3) is 6.94. The van der Waals surface area contributed by atoms with Crippen LogP contribution in [-0.2, 0) is 9.53 Å². The van der Waals surface area contributed by atoms with Crippen LogP contribution in [0.5, 0.6) is 0 Å². The maximum atomic E-state index is 12.5. The van der Waals surface area contributed by atoms with Crippen molar-refractivity contribution < 1.29 is 14.6 Å². The van der Waals surface area contributed by atoms with Gasteiger partial charge < -0.3 is 14.7 Å². The van der Waals surface area contributed by atoms with Crippen LogP contribution in [0.15, 0.2) is 30.3 Å². The lowest BCUT2D eigenvalue weighted by Crippen LogP contribution is -2.42. The lowest BCUT2D eigenvalue weighted by atomic mass is 10.1. The first-order valence-corrected chi connectivity index (χ1v) is 9.38. The van der Waals surface area contributed by atoms with E-state index in [-0.39, 0.29) is 11.9 Å². The van der Waals surface area contributed by atoms with E-state index in [4.69, 9.17) is 4.74 Å². The first-order valence-electron chi connectivity index (χ1n) is 8.23. The summed E-state index contributed by atoms with van der Waals surface area (Å²) in [7, 11) is 1.65. The first-order chi connectivity index (χ1) is 11.1. The Morgan fingerprint density at radius 2 is 1.91 bits per heavy atom. The fourth-order valence-electron chi connectivity index (χ4n) is 2.54. The third-order valence-corrected chi connectivity index (χ3v) is 4.93. The number of carbonyl (C=O) groups is 1. The Kier molecular flexibility index (Phi) is 9.99. The molecule has 0 bridgehead atoms. The fourth-order valence-corrected chi connectivity index (χ4v) is 3.42. The zero-order valence-electron chi connectivity index (χ0n) is 14.4. The molecule has 1 aromatic rings. The average molecular weight is 340 g/mol. The van der Waals surface area contributed by atoms with Crippen LogP contribution < -0.4 is 0 Å². The largest absolute Gasteiger partial charge is 0.388 e. The molecule has 0 radical (unpaired) electrons. The van der Waals surface area contributed by atoms with Crippen LogP contribution in [0, 0.1) is 0 Å². The summed E-state index contributed by atoms with van der Waals surface area (Å²) in [5.74, 6) is 1.04. The minimum Gasteiger partial charge on any atom is -0.388 e. The predicted molar refractivity (Wildman–Crippen MR) is 96.7 cm³/mol. The first kappa shape index (κ1) is 20.0. The van der Waals surface area contributed by atoms with Crippen molar-refractivity contribution in [1.29, 1.82) is 0 Å². The molecule has 1 aromatic carbocycles. The number of hydrogen-bond acceptors (Lipinski definition) is 4. The second-order valence-corrected chi connectivity index (χ2v) is 6.52. The quantitative estimate of drug-likeness (QED) is 0.673. The molecule has 0 spiro atoms. The molecule has 0 aromatic heterocycles. The Labute approximate surface area is 144 Å². The smallest absolute Gasteiger partial charge is 0.232 e. The van der Waals surface area contributed by atoms with Crippen LogP contribution >= 0.6 is 11.8 Å². The summed E-state index contributed by atoms with van der Waals surface area (Å²) < 4.78 is 5.12. The van der Waals surface area contributed by atoms with Gasteiger partial charge in [-0.3, -0.25) is 4.79 Å². The Bertz CT molecular complexity index is 437. The van der Waals surface area contributed by atoms with Gasteiger partial charge in [0, 0.05) is 25.4 Å². The number of hydrogen-bond donors (Lipinski definition) is 1. The minimum atomic E-state index is -0.533. The van der Waals surface area contributed by atoms with E-state index < -0.39 is 6.10 Å². The molecule has 0 aliphatic rings. The van der Waals surface area contributed by atoms with Gasteiger partial charge in [-0.25, -0.2) is 0 Å². The summed E-state index contributed by atoms with van der Waals surface area (Å²) in [4.78, 5) is 14.4. The molecule has 1 rings (SSSR count). The summed E-state index contributed by atoms with van der Waals surface area (Å²) in [6.07, 6.45) is 1.36. The summed E-state index contributed by atoms with van der Waals surface area (Å²) in [6.45, 7) is 5.39. The molecule has 0 aliphatic carbocycles. The van der Waals surface area contributed by atoms with Crippen molar-refractivity contribution in [3.8, 4) is 0 Å². The van der Waals surface area contributed by atoms with Gasteiger partial charge in [-0.2, -0.15) is 0 Å². The third-order valence-electron chi connectivity index (χ3n) is 3.93. The molecule has 130 valence electrons.